The highest BCUT2D eigenvalue weighted by Gasteiger charge is 2.14. The van der Waals surface area contributed by atoms with Crippen LogP contribution in [-0.2, 0) is 6.54 Å². The fourth-order valence-electron chi connectivity index (χ4n) is 2.41. The fourth-order valence-corrected chi connectivity index (χ4v) is 2.60. The number of hydrogen-bond donors (Lipinski definition) is 2. The van der Waals surface area contributed by atoms with Crippen LogP contribution in [0.3, 0.4) is 0 Å². The van der Waals surface area contributed by atoms with Crippen LogP contribution in [0.1, 0.15) is 17.0 Å². The molecule has 2 N–H and O–H groups in total. The van der Waals surface area contributed by atoms with Crippen molar-refractivity contribution in [1.29, 1.82) is 0 Å². The lowest BCUT2D eigenvalue weighted by Gasteiger charge is -2.07. The van der Waals surface area contributed by atoms with E-state index in [4.69, 9.17) is 16.0 Å². The van der Waals surface area contributed by atoms with E-state index >= 15 is 0 Å². The van der Waals surface area contributed by atoms with Gasteiger partial charge in [-0.1, -0.05) is 41.9 Å². The maximum Gasteiger partial charge on any atom is 0.319 e. The minimum absolute atomic E-state index is 0.261. The molecule has 2 amide bonds. The number of amides is 2. The molecule has 1 heterocycles. The third-order valence-electron chi connectivity index (χ3n) is 3.81. The molecule has 1 aromatic heterocycles. The molecule has 6 heteroatoms. The van der Waals surface area contributed by atoms with Gasteiger partial charge < -0.3 is 15.1 Å². The van der Waals surface area contributed by atoms with E-state index in [1.165, 1.54) is 0 Å². The first kappa shape index (κ1) is 17.0. The minimum atomic E-state index is -0.354. The predicted molar refractivity (Wildman–Crippen MR) is 98.7 cm³/mol. The second-order valence-electron chi connectivity index (χ2n) is 5.62. The van der Waals surface area contributed by atoms with Crippen molar-refractivity contribution in [2.75, 3.05) is 5.32 Å². The fraction of sp³-hybridized carbons (Fsp3) is 0.158. The van der Waals surface area contributed by atoms with Crippen LogP contribution in [0.4, 0.5) is 10.5 Å². The number of carbonyl (C=O) groups excluding carboxylic acids is 1. The van der Waals surface area contributed by atoms with Crippen molar-refractivity contribution in [3.05, 3.63) is 70.6 Å². The Hall–Kier alpha value is -2.79. The van der Waals surface area contributed by atoms with Gasteiger partial charge in [-0.2, -0.15) is 0 Å². The summed E-state index contributed by atoms with van der Waals surface area (Å²) in [4.78, 5) is 16.5. The highest BCUT2D eigenvalue weighted by Crippen LogP contribution is 2.24. The van der Waals surface area contributed by atoms with Crippen LogP contribution < -0.4 is 10.6 Å². The van der Waals surface area contributed by atoms with Crippen LogP contribution in [-0.4, -0.2) is 11.0 Å². The quantitative estimate of drug-likeness (QED) is 0.697. The van der Waals surface area contributed by atoms with Crippen molar-refractivity contribution in [1.82, 2.24) is 10.3 Å². The lowest BCUT2D eigenvalue weighted by atomic mass is 10.1. The monoisotopic (exact) mass is 355 g/mol. The maximum absolute atomic E-state index is 12.0. The van der Waals surface area contributed by atoms with Gasteiger partial charge >= 0.3 is 6.03 Å². The van der Waals surface area contributed by atoms with Crippen LogP contribution >= 0.6 is 11.6 Å². The molecule has 0 fully saturated rings. The molecule has 0 aliphatic heterocycles. The Balaban J connectivity index is 1.67. The molecule has 5 nitrogen and oxygen atoms in total. The smallest absolute Gasteiger partial charge is 0.319 e. The number of nitrogens with zero attached hydrogens (tertiary/aromatic N) is 1. The summed E-state index contributed by atoms with van der Waals surface area (Å²) < 4.78 is 5.75. The Morgan fingerprint density at radius 1 is 1.12 bits per heavy atom. The Kier molecular flexibility index (Phi) is 5.05. The topological polar surface area (TPSA) is 67.2 Å². The zero-order valence-corrected chi connectivity index (χ0v) is 14.7. The van der Waals surface area contributed by atoms with Gasteiger partial charge in [0.25, 0.3) is 0 Å². The molecule has 0 radical (unpaired) electrons. The molecule has 2 aromatic carbocycles. The summed E-state index contributed by atoms with van der Waals surface area (Å²) in [6.45, 7) is 4.10. The number of anilines is 1. The molecule has 25 heavy (non-hydrogen) atoms. The average Bonchev–Trinajstić information content (AvgIpc) is 2.96. The van der Waals surface area contributed by atoms with E-state index in [1.54, 1.807) is 24.3 Å². The molecule has 0 aliphatic rings. The average molecular weight is 356 g/mol. The summed E-state index contributed by atoms with van der Waals surface area (Å²) >= 11 is 6.03. The number of aromatic nitrogens is 1. The first-order chi connectivity index (χ1) is 12.0. The van der Waals surface area contributed by atoms with E-state index in [9.17, 15) is 4.79 Å². The third kappa shape index (κ3) is 4.00. The zero-order valence-electron chi connectivity index (χ0n) is 14.0. The van der Waals surface area contributed by atoms with Gasteiger partial charge in [-0.15, -0.1) is 0 Å². The molecule has 0 aliphatic carbocycles. The van der Waals surface area contributed by atoms with Gasteiger partial charge in [0.1, 0.15) is 11.5 Å². The highest BCUT2D eigenvalue weighted by molar-refractivity contribution is 6.33. The van der Waals surface area contributed by atoms with E-state index in [1.807, 2.05) is 38.1 Å². The Labute approximate surface area is 151 Å². The van der Waals surface area contributed by atoms with E-state index in [-0.39, 0.29) is 12.6 Å². The predicted octanol–water partition coefficient (Wildman–Crippen LogP) is 4.93. The van der Waals surface area contributed by atoms with Gasteiger partial charge in [0, 0.05) is 5.56 Å². The number of para-hydroxylation sites is 1. The summed E-state index contributed by atoms with van der Waals surface area (Å²) in [5, 5.41) is 5.95. The Morgan fingerprint density at radius 2 is 1.84 bits per heavy atom. The molecule has 0 saturated carbocycles. The number of urea groups is 1. The molecular formula is C19H18ClN3O2. The second-order valence-corrected chi connectivity index (χ2v) is 6.03. The van der Waals surface area contributed by atoms with E-state index in [0.717, 1.165) is 11.1 Å². The van der Waals surface area contributed by atoms with Gasteiger partial charge in [0.2, 0.25) is 5.89 Å². The molecule has 0 bridgehead atoms. The number of halogens is 1. The van der Waals surface area contributed by atoms with Crippen molar-refractivity contribution in [2.45, 2.75) is 20.4 Å². The zero-order chi connectivity index (χ0) is 17.8. The number of hydrogen-bond acceptors (Lipinski definition) is 3. The Morgan fingerprint density at radius 3 is 2.60 bits per heavy atom. The number of rotatable bonds is 4. The number of nitrogens with one attached hydrogen (secondary N) is 2. The highest BCUT2D eigenvalue weighted by atomic mass is 35.5. The van der Waals surface area contributed by atoms with Crippen LogP contribution in [0.5, 0.6) is 0 Å². The van der Waals surface area contributed by atoms with Crippen molar-refractivity contribution < 1.29 is 9.21 Å². The summed E-state index contributed by atoms with van der Waals surface area (Å²) in [5.74, 6) is 1.23. The summed E-state index contributed by atoms with van der Waals surface area (Å²) in [6, 6.07) is 14.6. The van der Waals surface area contributed by atoms with E-state index in [2.05, 4.69) is 15.6 Å². The van der Waals surface area contributed by atoms with Gasteiger partial charge in [-0.3, -0.25) is 0 Å². The molecular weight excluding hydrogens is 338 g/mol. The molecule has 0 spiro atoms. The molecule has 0 saturated heterocycles. The lowest BCUT2D eigenvalue weighted by molar-refractivity contribution is 0.251. The van der Waals surface area contributed by atoms with Gasteiger partial charge in [-0.05, 0) is 37.6 Å². The largest absolute Gasteiger partial charge is 0.441 e. The molecule has 0 atom stereocenters. The van der Waals surface area contributed by atoms with Crippen LogP contribution in [0.15, 0.2) is 52.9 Å². The lowest BCUT2D eigenvalue weighted by Crippen LogP contribution is -2.28. The third-order valence-corrected chi connectivity index (χ3v) is 4.14. The van der Waals surface area contributed by atoms with Crippen molar-refractivity contribution >= 4 is 23.3 Å². The first-order valence-corrected chi connectivity index (χ1v) is 8.24. The van der Waals surface area contributed by atoms with Gasteiger partial charge in [0.15, 0.2) is 0 Å². The van der Waals surface area contributed by atoms with Crippen molar-refractivity contribution in [3.63, 3.8) is 0 Å². The van der Waals surface area contributed by atoms with Crippen LogP contribution in [0, 0.1) is 13.8 Å². The maximum atomic E-state index is 12.0. The van der Waals surface area contributed by atoms with Gasteiger partial charge in [0.05, 0.1) is 17.3 Å². The molecule has 128 valence electrons. The summed E-state index contributed by atoms with van der Waals surface area (Å²) in [7, 11) is 0. The SMILES string of the molecule is Cc1ccccc1-c1nc(CNC(=O)Nc2ccccc2Cl)c(C)o1. The van der Waals surface area contributed by atoms with Gasteiger partial charge in [-0.25, -0.2) is 9.78 Å². The van der Waals surface area contributed by atoms with E-state index < -0.39 is 0 Å². The van der Waals surface area contributed by atoms with Crippen molar-refractivity contribution in [3.8, 4) is 11.5 Å². The number of carbonyl (C=O) groups is 1. The Bertz CT molecular complexity index is 905. The molecule has 3 rings (SSSR count). The minimum Gasteiger partial charge on any atom is -0.441 e. The summed E-state index contributed by atoms with van der Waals surface area (Å²) in [6.07, 6.45) is 0. The van der Waals surface area contributed by atoms with Crippen LogP contribution in [0.2, 0.25) is 5.02 Å². The first-order valence-electron chi connectivity index (χ1n) is 7.86. The number of aryl methyl sites for hydroxylation is 2. The summed E-state index contributed by atoms with van der Waals surface area (Å²) in [5.41, 5.74) is 3.27. The van der Waals surface area contributed by atoms with Crippen LogP contribution in [0.25, 0.3) is 11.5 Å². The number of oxazole rings is 1. The second kappa shape index (κ2) is 7.40. The molecule has 3 aromatic rings. The number of benzene rings is 2. The van der Waals surface area contributed by atoms with E-state index in [0.29, 0.717) is 28.1 Å². The normalized spacial score (nSPS) is 10.5. The van der Waals surface area contributed by atoms with Crippen molar-refractivity contribution in [2.24, 2.45) is 0 Å². The molecule has 0 unspecified atom stereocenters. The standard InChI is InChI=1S/C19H18ClN3O2/c1-12-7-3-4-8-14(12)18-22-17(13(2)25-18)11-21-19(24)23-16-10-6-5-9-15(16)20/h3-10H,11H2,1-2H3,(H2,21,23,24).